The van der Waals surface area contributed by atoms with Crippen molar-refractivity contribution in [3.05, 3.63) is 64.9 Å². The van der Waals surface area contributed by atoms with Crippen LogP contribution in [-0.4, -0.2) is 25.8 Å². The van der Waals surface area contributed by atoms with E-state index in [4.69, 9.17) is 4.52 Å². The van der Waals surface area contributed by atoms with Crippen LogP contribution in [0.2, 0.25) is 0 Å². The quantitative estimate of drug-likeness (QED) is 0.486. The Balaban J connectivity index is 1.57. The largest absolute Gasteiger partial charge is 0.335 e. The molecule has 1 aliphatic carbocycles. The van der Waals surface area contributed by atoms with Crippen molar-refractivity contribution in [2.45, 2.75) is 45.4 Å². The molecule has 0 aliphatic heterocycles. The first-order chi connectivity index (χ1) is 14.9. The summed E-state index contributed by atoms with van der Waals surface area (Å²) >= 11 is 0. The van der Waals surface area contributed by atoms with Crippen molar-refractivity contribution in [3.63, 3.8) is 0 Å². The number of aromatic nitrogens is 4. The number of rotatable bonds is 5. The zero-order valence-corrected chi connectivity index (χ0v) is 17.5. The molecule has 0 spiro atoms. The number of aryl methyl sites for hydroxylation is 1. The second kappa shape index (κ2) is 7.30. The van der Waals surface area contributed by atoms with Crippen LogP contribution >= 0.6 is 0 Å². The summed E-state index contributed by atoms with van der Waals surface area (Å²) in [5, 5.41) is 12.2. The van der Waals surface area contributed by atoms with Gasteiger partial charge in [-0.1, -0.05) is 19.0 Å². The van der Waals surface area contributed by atoms with Crippen molar-refractivity contribution in [3.8, 4) is 5.69 Å². The molecule has 1 amide bonds. The molecule has 7 nitrogen and oxygen atoms in total. The Hall–Kier alpha value is -3.55. The Morgan fingerprint density at radius 1 is 1.23 bits per heavy atom. The fourth-order valence-electron chi connectivity index (χ4n) is 3.71. The van der Waals surface area contributed by atoms with E-state index >= 15 is 0 Å². The van der Waals surface area contributed by atoms with E-state index in [2.05, 4.69) is 20.6 Å². The summed E-state index contributed by atoms with van der Waals surface area (Å²) in [6.45, 7) is 5.84. The number of carbonyl (C=O) groups is 1. The molecule has 1 aliphatic rings. The molecule has 4 aromatic rings. The maximum atomic E-state index is 13.4. The summed E-state index contributed by atoms with van der Waals surface area (Å²) in [4.78, 5) is 18.0. The molecular formula is C23H22FN5O2. The standard InChI is InChI=1S/C23H22FN5O2/c1-12(2)21-20-17(11-18(14-4-5-14)25-23(20)31-28-21)22(30)26-19-10-13(3)27-29(19)16-8-6-15(24)7-9-16/h6-12,14H,4-5H2,1-3H3,(H,26,30). The third kappa shape index (κ3) is 3.58. The van der Waals surface area contributed by atoms with Gasteiger partial charge in [-0.25, -0.2) is 14.1 Å². The van der Waals surface area contributed by atoms with Gasteiger partial charge in [-0.15, -0.1) is 0 Å². The van der Waals surface area contributed by atoms with Gasteiger partial charge < -0.3 is 9.84 Å². The number of amides is 1. The zero-order valence-electron chi connectivity index (χ0n) is 17.5. The Kier molecular flexibility index (Phi) is 4.57. The topological polar surface area (TPSA) is 85.8 Å². The lowest BCUT2D eigenvalue weighted by molar-refractivity contribution is 0.102. The lowest BCUT2D eigenvalue weighted by Crippen LogP contribution is -2.16. The van der Waals surface area contributed by atoms with Gasteiger partial charge in [-0.05, 0) is 56.0 Å². The third-order valence-electron chi connectivity index (χ3n) is 5.42. The van der Waals surface area contributed by atoms with E-state index in [1.165, 1.54) is 12.1 Å². The van der Waals surface area contributed by atoms with Crippen LogP contribution in [0.5, 0.6) is 0 Å². The number of anilines is 1. The number of nitrogens with one attached hydrogen (secondary N) is 1. The highest BCUT2D eigenvalue weighted by Crippen LogP contribution is 2.41. The number of fused-ring (bicyclic) bond motifs is 1. The molecule has 3 aromatic heterocycles. The van der Waals surface area contributed by atoms with Gasteiger partial charge in [0.25, 0.3) is 11.6 Å². The van der Waals surface area contributed by atoms with Gasteiger partial charge in [0.15, 0.2) is 0 Å². The van der Waals surface area contributed by atoms with Crippen molar-refractivity contribution in [2.24, 2.45) is 0 Å². The van der Waals surface area contributed by atoms with Gasteiger partial charge in [0.2, 0.25) is 0 Å². The SMILES string of the molecule is Cc1cc(NC(=O)c2cc(C3CC3)nc3onc(C(C)C)c23)n(-c2ccc(F)cc2)n1. The maximum absolute atomic E-state index is 13.4. The second-order valence-corrected chi connectivity index (χ2v) is 8.28. The number of pyridine rings is 1. The third-order valence-corrected chi connectivity index (χ3v) is 5.42. The van der Waals surface area contributed by atoms with Gasteiger partial charge in [0.05, 0.1) is 28.0 Å². The van der Waals surface area contributed by atoms with E-state index in [0.29, 0.717) is 39.8 Å². The smallest absolute Gasteiger partial charge is 0.259 e. The molecule has 1 N–H and O–H groups in total. The predicted molar refractivity (Wildman–Crippen MR) is 114 cm³/mol. The normalized spacial score (nSPS) is 13.8. The van der Waals surface area contributed by atoms with E-state index < -0.39 is 0 Å². The summed E-state index contributed by atoms with van der Waals surface area (Å²) < 4.78 is 20.4. The molecule has 0 atom stereocenters. The average Bonchev–Trinajstić information content (AvgIpc) is 3.40. The first kappa shape index (κ1) is 19.4. The summed E-state index contributed by atoms with van der Waals surface area (Å²) in [6, 6.07) is 9.58. The number of halogens is 1. The maximum Gasteiger partial charge on any atom is 0.259 e. The molecule has 0 unspecified atom stereocenters. The van der Waals surface area contributed by atoms with E-state index in [1.54, 1.807) is 22.9 Å². The van der Waals surface area contributed by atoms with Crippen LogP contribution in [-0.2, 0) is 0 Å². The van der Waals surface area contributed by atoms with Crippen molar-refractivity contribution in [2.75, 3.05) is 5.32 Å². The molecule has 1 saturated carbocycles. The van der Waals surface area contributed by atoms with Gasteiger partial charge in [-0.2, -0.15) is 5.10 Å². The van der Waals surface area contributed by atoms with Crippen LogP contribution in [0.3, 0.4) is 0 Å². The first-order valence-electron chi connectivity index (χ1n) is 10.3. The fourth-order valence-corrected chi connectivity index (χ4v) is 3.71. The summed E-state index contributed by atoms with van der Waals surface area (Å²) in [6.07, 6.45) is 2.11. The fraction of sp³-hybridized carbons (Fsp3) is 0.304. The zero-order chi connectivity index (χ0) is 21.7. The molecule has 5 rings (SSSR count). The highest BCUT2D eigenvalue weighted by Gasteiger charge is 2.30. The highest BCUT2D eigenvalue weighted by molar-refractivity contribution is 6.12. The van der Waals surface area contributed by atoms with E-state index in [9.17, 15) is 9.18 Å². The molecule has 158 valence electrons. The minimum Gasteiger partial charge on any atom is -0.335 e. The predicted octanol–water partition coefficient (Wildman–Crippen LogP) is 5.11. The van der Waals surface area contributed by atoms with Crippen LogP contribution in [0.15, 0.2) is 40.9 Å². The van der Waals surface area contributed by atoms with Gasteiger partial charge in [-0.3, -0.25) is 4.79 Å². The van der Waals surface area contributed by atoms with E-state index in [0.717, 1.165) is 24.2 Å². The number of hydrogen-bond donors (Lipinski definition) is 1. The Morgan fingerprint density at radius 2 is 1.97 bits per heavy atom. The molecular weight excluding hydrogens is 397 g/mol. The van der Waals surface area contributed by atoms with Crippen LogP contribution in [0, 0.1) is 12.7 Å². The Morgan fingerprint density at radius 3 is 2.65 bits per heavy atom. The van der Waals surface area contributed by atoms with Crippen LogP contribution in [0.1, 0.15) is 66.0 Å². The molecule has 0 bridgehead atoms. The van der Waals surface area contributed by atoms with Crippen molar-refractivity contribution in [1.29, 1.82) is 0 Å². The van der Waals surface area contributed by atoms with Crippen LogP contribution in [0.4, 0.5) is 10.2 Å². The van der Waals surface area contributed by atoms with Gasteiger partial charge in [0.1, 0.15) is 11.6 Å². The Labute approximate surface area is 178 Å². The minimum atomic E-state index is -0.335. The highest BCUT2D eigenvalue weighted by atomic mass is 19.1. The molecule has 1 aromatic carbocycles. The molecule has 3 heterocycles. The van der Waals surface area contributed by atoms with Crippen molar-refractivity contribution in [1.82, 2.24) is 19.9 Å². The van der Waals surface area contributed by atoms with Crippen LogP contribution < -0.4 is 5.32 Å². The number of nitrogens with zero attached hydrogens (tertiary/aromatic N) is 4. The first-order valence-corrected chi connectivity index (χ1v) is 10.3. The molecule has 1 fully saturated rings. The number of benzene rings is 1. The van der Waals surface area contributed by atoms with Crippen molar-refractivity contribution >= 4 is 22.8 Å². The average molecular weight is 419 g/mol. The second-order valence-electron chi connectivity index (χ2n) is 8.28. The number of hydrogen-bond acceptors (Lipinski definition) is 5. The van der Waals surface area contributed by atoms with E-state index in [1.807, 2.05) is 26.8 Å². The summed E-state index contributed by atoms with van der Waals surface area (Å²) in [5.41, 5.74) is 3.82. The summed E-state index contributed by atoms with van der Waals surface area (Å²) in [7, 11) is 0. The Bertz CT molecular complexity index is 1290. The molecule has 0 saturated heterocycles. The van der Waals surface area contributed by atoms with Gasteiger partial charge in [0, 0.05) is 17.7 Å². The monoisotopic (exact) mass is 419 g/mol. The lowest BCUT2D eigenvalue weighted by atomic mass is 10.0. The minimum absolute atomic E-state index is 0.0772. The van der Waals surface area contributed by atoms with Gasteiger partial charge >= 0.3 is 0 Å². The number of carbonyl (C=O) groups excluding carboxylic acids is 1. The van der Waals surface area contributed by atoms with E-state index in [-0.39, 0.29) is 17.6 Å². The summed E-state index contributed by atoms with van der Waals surface area (Å²) in [5.74, 6) is 0.305. The van der Waals surface area contributed by atoms with Crippen LogP contribution in [0.25, 0.3) is 16.8 Å². The molecule has 8 heteroatoms. The lowest BCUT2D eigenvalue weighted by Gasteiger charge is -2.11. The van der Waals surface area contributed by atoms with Crippen molar-refractivity contribution < 1.29 is 13.7 Å². The molecule has 0 radical (unpaired) electrons. The molecule has 31 heavy (non-hydrogen) atoms.